The van der Waals surface area contributed by atoms with Gasteiger partial charge in [0.05, 0.1) is 6.04 Å². The highest BCUT2D eigenvalue weighted by Crippen LogP contribution is 2.34. The van der Waals surface area contributed by atoms with E-state index in [2.05, 4.69) is 59.2 Å². The van der Waals surface area contributed by atoms with E-state index < -0.39 is 0 Å². The molecule has 0 spiro atoms. The normalized spacial score (nSPS) is 20.3. The first-order valence-corrected chi connectivity index (χ1v) is 10.1. The lowest BCUT2D eigenvalue weighted by Gasteiger charge is -2.47. The Morgan fingerprint density at radius 2 is 1.57 bits per heavy atom. The number of phenolic OH excluding ortho intramolecular Hbond substituents is 1. The van der Waals surface area contributed by atoms with E-state index in [-0.39, 0.29) is 6.04 Å². The lowest BCUT2D eigenvalue weighted by Crippen LogP contribution is -2.53. The Hall–Kier alpha value is -2.49. The topological polar surface area (TPSA) is 26.7 Å². The summed E-state index contributed by atoms with van der Waals surface area (Å²) in [7, 11) is 0. The van der Waals surface area contributed by atoms with Crippen molar-refractivity contribution in [2.45, 2.75) is 25.6 Å². The molecule has 0 saturated carbocycles. The second-order valence-corrected chi connectivity index (χ2v) is 7.94. The summed E-state index contributed by atoms with van der Waals surface area (Å²) in [4.78, 5) is 4.99. The van der Waals surface area contributed by atoms with Gasteiger partial charge in [-0.1, -0.05) is 54.1 Å². The fraction of sp³-hybridized carbons (Fsp3) is 0.250. The van der Waals surface area contributed by atoms with Crippen LogP contribution in [-0.2, 0) is 6.54 Å². The van der Waals surface area contributed by atoms with Crippen LogP contribution in [0.5, 0.6) is 5.75 Å². The van der Waals surface area contributed by atoms with Gasteiger partial charge < -0.3 is 10.0 Å². The Morgan fingerprint density at radius 3 is 2.25 bits per heavy atom. The van der Waals surface area contributed by atoms with E-state index in [1.807, 2.05) is 24.3 Å². The molecule has 0 aliphatic carbocycles. The van der Waals surface area contributed by atoms with E-state index in [0.717, 1.165) is 30.3 Å². The predicted octanol–water partition coefficient (Wildman–Crippen LogP) is 5.50. The van der Waals surface area contributed by atoms with Crippen LogP contribution >= 0.6 is 11.6 Å². The van der Waals surface area contributed by atoms with Crippen molar-refractivity contribution >= 4 is 17.3 Å². The summed E-state index contributed by atoms with van der Waals surface area (Å²) in [5.41, 5.74) is 3.72. The summed E-state index contributed by atoms with van der Waals surface area (Å²) in [5.74, 6) is 0.294. The Morgan fingerprint density at radius 1 is 0.893 bits per heavy atom. The molecule has 3 aromatic rings. The van der Waals surface area contributed by atoms with Crippen LogP contribution < -0.4 is 4.90 Å². The summed E-state index contributed by atoms with van der Waals surface area (Å²) in [6, 6.07) is 27.0. The van der Waals surface area contributed by atoms with Crippen molar-refractivity contribution in [3.05, 3.63) is 95.0 Å². The van der Waals surface area contributed by atoms with Gasteiger partial charge in [-0.3, -0.25) is 4.90 Å². The SMILES string of the molecule is CC1CN(c2ccc(O)cc2)[C@H](c2ccc(Cl)cc2)CN1Cc1ccccc1. The number of benzene rings is 3. The Kier molecular flexibility index (Phi) is 5.56. The Bertz CT molecular complexity index is 896. The second kappa shape index (κ2) is 8.26. The van der Waals surface area contributed by atoms with E-state index in [0.29, 0.717) is 11.8 Å². The number of aromatic hydroxyl groups is 1. The molecule has 28 heavy (non-hydrogen) atoms. The van der Waals surface area contributed by atoms with E-state index in [9.17, 15) is 5.11 Å². The fourth-order valence-corrected chi connectivity index (χ4v) is 4.09. The van der Waals surface area contributed by atoms with Crippen molar-refractivity contribution < 1.29 is 5.11 Å². The summed E-state index contributed by atoms with van der Waals surface area (Å²) in [6.45, 7) is 5.08. The molecule has 1 saturated heterocycles. The van der Waals surface area contributed by atoms with Gasteiger partial charge >= 0.3 is 0 Å². The average Bonchev–Trinajstić information content (AvgIpc) is 2.71. The molecule has 0 amide bonds. The van der Waals surface area contributed by atoms with E-state index in [1.54, 1.807) is 12.1 Å². The molecule has 0 radical (unpaired) electrons. The lowest BCUT2D eigenvalue weighted by molar-refractivity contribution is 0.153. The molecule has 0 aromatic heterocycles. The maximum absolute atomic E-state index is 9.69. The van der Waals surface area contributed by atoms with E-state index >= 15 is 0 Å². The first kappa shape index (κ1) is 18.9. The van der Waals surface area contributed by atoms with Gasteiger partial charge in [-0.2, -0.15) is 0 Å². The zero-order valence-corrected chi connectivity index (χ0v) is 16.8. The molecule has 1 N–H and O–H groups in total. The van der Waals surface area contributed by atoms with Crippen molar-refractivity contribution in [1.82, 2.24) is 4.90 Å². The number of phenols is 1. The van der Waals surface area contributed by atoms with Crippen molar-refractivity contribution in [1.29, 1.82) is 0 Å². The number of rotatable bonds is 4. The third kappa shape index (κ3) is 4.16. The molecule has 2 atom stereocenters. The molecule has 1 aliphatic rings. The predicted molar refractivity (Wildman–Crippen MR) is 116 cm³/mol. The number of piperazine rings is 1. The number of anilines is 1. The van der Waals surface area contributed by atoms with Crippen molar-refractivity contribution in [2.75, 3.05) is 18.0 Å². The molecule has 4 heteroatoms. The van der Waals surface area contributed by atoms with Crippen molar-refractivity contribution in [3.8, 4) is 5.75 Å². The third-order valence-electron chi connectivity index (χ3n) is 5.53. The summed E-state index contributed by atoms with van der Waals surface area (Å²) < 4.78 is 0. The second-order valence-electron chi connectivity index (χ2n) is 7.50. The maximum Gasteiger partial charge on any atom is 0.115 e. The molecule has 1 aliphatic heterocycles. The van der Waals surface area contributed by atoms with Crippen LogP contribution in [-0.4, -0.2) is 29.1 Å². The van der Waals surface area contributed by atoms with Crippen LogP contribution in [0.4, 0.5) is 5.69 Å². The van der Waals surface area contributed by atoms with Crippen LogP contribution in [0.3, 0.4) is 0 Å². The standard InChI is InChI=1S/C24H25ClN2O/c1-18-15-27(22-11-13-23(28)14-12-22)24(20-7-9-21(25)10-8-20)17-26(18)16-19-5-3-2-4-6-19/h2-14,18,24,28H,15-17H2,1H3/t18?,24-/m0/s1. The molecular formula is C24H25ClN2O. The summed E-state index contributed by atoms with van der Waals surface area (Å²) >= 11 is 6.13. The molecule has 3 nitrogen and oxygen atoms in total. The highest BCUT2D eigenvalue weighted by molar-refractivity contribution is 6.30. The first-order chi connectivity index (χ1) is 13.6. The highest BCUT2D eigenvalue weighted by atomic mass is 35.5. The van der Waals surface area contributed by atoms with E-state index in [1.165, 1.54) is 11.1 Å². The van der Waals surface area contributed by atoms with E-state index in [4.69, 9.17) is 11.6 Å². The molecular weight excluding hydrogens is 368 g/mol. The Labute approximate surface area is 171 Å². The van der Waals surface area contributed by atoms with Gasteiger partial charge in [-0.05, 0) is 54.4 Å². The smallest absolute Gasteiger partial charge is 0.115 e. The third-order valence-corrected chi connectivity index (χ3v) is 5.78. The first-order valence-electron chi connectivity index (χ1n) is 9.69. The molecule has 4 rings (SSSR count). The van der Waals surface area contributed by atoms with Crippen LogP contribution in [0.2, 0.25) is 5.02 Å². The summed E-state index contributed by atoms with van der Waals surface area (Å²) in [5, 5.41) is 10.4. The maximum atomic E-state index is 9.69. The lowest BCUT2D eigenvalue weighted by atomic mass is 9.98. The van der Waals surface area contributed by atoms with Gasteiger partial charge in [-0.25, -0.2) is 0 Å². The number of hydrogen-bond donors (Lipinski definition) is 1. The number of nitrogens with zero attached hydrogens (tertiary/aromatic N) is 2. The van der Waals surface area contributed by atoms with Crippen LogP contribution in [0.25, 0.3) is 0 Å². The minimum Gasteiger partial charge on any atom is -0.508 e. The molecule has 0 bridgehead atoms. The van der Waals surface area contributed by atoms with Crippen LogP contribution in [0.1, 0.15) is 24.1 Å². The summed E-state index contributed by atoms with van der Waals surface area (Å²) in [6.07, 6.45) is 0. The van der Waals surface area contributed by atoms with Crippen molar-refractivity contribution in [3.63, 3.8) is 0 Å². The zero-order chi connectivity index (χ0) is 19.5. The highest BCUT2D eigenvalue weighted by Gasteiger charge is 2.32. The number of hydrogen-bond acceptors (Lipinski definition) is 3. The fourth-order valence-electron chi connectivity index (χ4n) is 3.97. The largest absolute Gasteiger partial charge is 0.508 e. The van der Waals surface area contributed by atoms with Crippen molar-refractivity contribution in [2.24, 2.45) is 0 Å². The molecule has 1 heterocycles. The quantitative estimate of drug-likeness (QED) is 0.635. The zero-order valence-electron chi connectivity index (χ0n) is 16.0. The van der Waals surface area contributed by atoms with Crippen LogP contribution in [0, 0.1) is 0 Å². The van der Waals surface area contributed by atoms with Gasteiger partial charge in [0.15, 0.2) is 0 Å². The van der Waals surface area contributed by atoms with Crippen LogP contribution in [0.15, 0.2) is 78.9 Å². The Balaban J connectivity index is 1.64. The molecule has 3 aromatic carbocycles. The molecule has 1 unspecified atom stereocenters. The monoisotopic (exact) mass is 392 g/mol. The van der Waals surface area contributed by atoms with Gasteiger partial charge in [0.2, 0.25) is 0 Å². The van der Waals surface area contributed by atoms with Gasteiger partial charge in [0, 0.05) is 36.4 Å². The van der Waals surface area contributed by atoms with Gasteiger partial charge in [0.1, 0.15) is 5.75 Å². The average molecular weight is 393 g/mol. The van der Waals surface area contributed by atoms with Gasteiger partial charge in [-0.15, -0.1) is 0 Å². The minimum absolute atomic E-state index is 0.224. The minimum atomic E-state index is 0.224. The molecule has 144 valence electrons. The van der Waals surface area contributed by atoms with Gasteiger partial charge in [0.25, 0.3) is 0 Å². The number of halogens is 1. The molecule has 1 fully saturated rings.